The number of anilines is 3. The second-order valence-corrected chi connectivity index (χ2v) is 7.08. The first-order valence-electron chi connectivity index (χ1n) is 8.21. The first-order valence-corrected chi connectivity index (χ1v) is 8.59. The van der Waals surface area contributed by atoms with E-state index in [0.29, 0.717) is 18.8 Å². The van der Waals surface area contributed by atoms with Gasteiger partial charge < -0.3 is 21.3 Å². The van der Waals surface area contributed by atoms with Crippen molar-refractivity contribution < 1.29 is 4.79 Å². The summed E-state index contributed by atoms with van der Waals surface area (Å²) in [5, 5.41) is 6.11. The highest BCUT2D eigenvalue weighted by Crippen LogP contribution is 2.34. The molecule has 136 valence electrons. The number of nitrogens with zero attached hydrogens (tertiary/aromatic N) is 4. The number of likely N-dealkylation sites (tertiary alicyclic amines) is 1. The first kappa shape index (κ1) is 16.8. The highest BCUT2D eigenvalue weighted by Gasteiger charge is 2.47. The van der Waals surface area contributed by atoms with Gasteiger partial charge in [0.1, 0.15) is 35.0 Å². The first-order chi connectivity index (χ1) is 12.4. The van der Waals surface area contributed by atoms with E-state index in [1.54, 1.807) is 0 Å². The van der Waals surface area contributed by atoms with E-state index in [0.717, 1.165) is 13.0 Å². The average molecular weight is 376 g/mol. The van der Waals surface area contributed by atoms with Crippen molar-refractivity contribution in [2.24, 2.45) is 0 Å². The van der Waals surface area contributed by atoms with Crippen LogP contribution in [0.5, 0.6) is 0 Å². The Morgan fingerprint density at radius 1 is 1.35 bits per heavy atom. The van der Waals surface area contributed by atoms with Gasteiger partial charge in [-0.3, -0.25) is 14.2 Å². The molecule has 0 saturated carbocycles. The van der Waals surface area contributed by atoms with E-state index in [1.807, 2.05) is 7.05 Å². The minimum Gasteiger partial charge on any atom is -0.384 e. The molecule has 4 N–H and O–H groups in total. The molecule has 1 fully saturated rings. The largest absolute Gasteiger partial charge is 0.384 e. The third-order valence-corrected chi connectivity index (χ3v) is 5.04. The second-order valence-electron chi connectivity index (χ2n) is 6.68. The number of amides is 1. The maximum absolute atomic E-state index is 13.2. The molecule has 0 bridgehead atoms. The van der Waals surface area contributed by atoms with E-state index in [4.69, 9.17) is 17.3 Å². The van der Waals surface area contributed by atoms with Crippen molar-refractivity contribution in [2.75, 3.05) is 31.2 Å². The van der Waals surface area contributed by atoms with Crippen molar-refractivity contribution in [3.05, 3.63) is 39.5 Å². The molecule has 10 heteroatoms. The summed E-state index contributed by atoms with van der Waals surface area (Å²) in [6, 6.07) is 2.96. The van der Waals surface area contributed by atoms with E-state index in [9.17, 15) is 9.59 Å². The van der Waals surface area contributed by atoms with Gasteiger partial charge in [-0.25, -0.2) is 9.97 Å². The fourth-order valence-electron chi connectivity index (χ4n) is 3.73. The van der Waals surface area contributed by atoms with Crippen LogP contribution < -0.4 is 21.9 Å². The molecule has 0 radical (unpaired) electrons. The number of nitrogen functional groups attached to an aromatic ring is 1. The molecule has 0 aromatic carbocycles. The number of likely N-dealkylation sites (N-methyl/N-ethyl adjacent to an activating group) is 1. The normalized spacial score (nSPS) is 22.3. The van der Waals surface area contributed by atoms with Gasteiger partial charge in [0.2, 0.25) is 0 Å². The number of nitrogens with two attached hydrogens (primary N) is 1. The molecule has 1 unspecified atom stereocenters. The van der Waals surface area contributed by atoms with Crippen molar-refractivity contribution in [3.8, 4) is 0 Å². The number of carbonyl (C=O) groups excluding carboxylic acids is 1. The lowest BCUT2D eigenvalue weighted by atomic mass is 9.99. The second kappa shape index (κ2) is 5.96. The Kier molecular flexibility index (Phi) is 3.85. The van der Waals surface area contributed by atoms with Gasteiger partial charge in [-0.1, -0.05) is 11.6 Å². The minimum absolute atomic E-state index is 0.194. The molecule has 1 spiro atoms. The van der Waals surface area contributed by atoms with Crippen LogP contribution in [0.1, 0.15) is 23.3 Å². The Hall–Kier alpha value is -2.65. The maximum Gasteiger partial charge on any atom is 0.276 e. The van der Waals surface area contributed by atoms with Crippen LogP contribution in [0.15, 0.2) is 23.3 Å². The number of hydrogen-bond acceptors (Lipinski definition) is 7. The topological polar surface area (TPSA) is 118 Å². The molecule has 1 saturated heterocycles. The van der Waals surface area contributed by atoms with Crippen LogP contribution >= 0.6 is 11.6 Å². The smallest absolute Gasteiger partial charge is 0.276 e. The van der Waals surface area contributed by atoms with E-state index in [-0.39, 0.29) is 33.7 Å². The molecule has 2 aliphatic heterocycles. The van der Waals surface area contributed by atoms with Gasteiger partial charge in [0.05, 0.1) is 5.02 Å². The minimum atomic E-state index is -0.789. The lowest BCUT2D eigenvalue weighted by Crippen LogP contribution is -2.57. The number of pyridine rings is 1. The van der Waals surface area contributed by atoms with Gasteiger partial charge in [-0.15, -0.1) is 0 Å². The molecule has 1 amide bonds. The van der Waals surface area contributed by atoms with Crippen molar-refractivity contribution in [3.63, 3.8) is 0 Å². The number of carbonyl (C=O) groups is 1. The van der Waals surface area contributed by atoms with Crippen molar-refractivity contribution in [1.29, 1.82) is 0 Å². The summed E-state index contributed by atoms with van der Waals surface area (Å²) in [6.45, 7) is 1.44. The zero-order valence-corrected chi connectivity index (χ0v) is 14.9. The predicted octanol–water partition coefficient (Wildman–Crippen LogP) is 0.739. The Morgan fingerprint density at radius 3 is 2.88 bits per heavy atom. The molecule has 2 aliphatic rings. The van der Waals surface area contributed by atoms with Crippen molar-refractivity contribution in [2.45, 2.75) is 18.5 Å². The van der Waals surface area contributed by atoms with Gasteiger partial charge >= 0.3 is 0 Å². The summed E-state index contributed by atoms with van der Waals surface area (Å²) in [7, 11) is 1.96. The third kappa shape index (κ3) is 2.60. The van der Waals surface area contributed by atoms with E-state index < -0.39 is 5.66 Å². The summed E-state index contributed by atoms with van der Waals surface area (Å²) in [5.41, 5.74) is 4.95. The van der Waals surface area contributed by atoms with Crippen molar-refractivity contribution >= 4 is 34.8 Å². The molecule has 9 nitrogen and oxygen atoms in total. The Bertz CT molecular complexity index is 960. The number of rotatable bonds is 2. The quantitative estimate of drug-likeness (QED) is 0.708. The van der Waals surface area contributed by atoms with Crippen LogP contribution in [-0.4, -0.2) is 45.5 Å². The molecule has 2 aromatic heterocycles. The number of piperidine rings is 1. The van der Waals surface area contributed by atoms with Crippen LogP contribution in [0, 0.1) is 0 Å². The maximum atomic E-state index is 13.2. The van der Waals surface area contributed by atoms with Gasteiger partial charge in [-0.05, 0) is 32.5 Å². The number of fused-ring (bicyclic) bond motifs is 2. The third-order valence-electron chi connectivity index (χ3n) is 4.76. The average Bonchev–Trinajstić information content (AvgIpc) is 2.84. The van der Waals surface area contributed by atoms with Crippen LogP contribution in [-0.2, 0) is 5.66 Å². The Labute approximate surface area is 154 Å². The number of nitrogens with one attached hydrogen (secondary N) is 2. The molecule has 2 aromatic rings. The Balaban J connectivity index is 1.84. The number of hydrogen-bond donors (Lipinski definition) is 3. The van der Waals surface area contributed by atoms with Gasteiger partial charge in [0.25, 0.3) is 11.5 Å². The highest BCUT2D eigenvalue weighted by atomic mass is 35.5. The summed E-state index contributed by atoms with van der Waals surface area (Å²) in [6.07, 6.45) is 2.82. The molecule has 26 heavy (non-hydrogen) atoms. The molecule has 0 aliphatic carbocycles. The zero-order chi connectivity index (χ0) is 18.5. The lowest BCUT2D eigenvalue weighted by Gasteiger charge is -2.39. The fourth-order valence-corrected chi connectivity index (χ4v) is 4.01. The van der Waals surface area contributed by atoms with E-state index in [2.05, 4.69) is 25.5 Å². The van der Waals surface area contributed by atoms with E-state index >= 15 is 0 Å². The highest BCUT2D eigenvalue weighted by molar-refractivity contribution is 6.34. The molecular formula is C16H18ClN7O2. The van der Waals surface area contributed by atoms with Gasteiger partial charge in [-0.2, -0.15) is 0 Å². The van der Waals surface area contributed by atoms with Crippen molar-refractivity contribution in [1.82, 2.24) is 24.8 Å². The summed E-state index contributed by atoms with van der Waals surface area (Å²) >= 11 is 6.35. The molecular weight excluding hydrogens is 358 g/mol. The molecule has 1 atom stereocenters. The van der Waals surface area contributed by atoms with Crippen LogP contribution in [0.4, 0.5) is 17.3 Å². The Morgan fingerprint density at radius 2 is 2.15 bits per heavy atom. The van der Waals surface area contributed by atoms with Crippen LogP contribution in [0.3, 0.4) is 0 Å². The molecule has 4 rings (SSSR count). The van der Waals surface area contributed by atoms with Crippen LogP contribution in [0.2, 0.25) is 5.02 Å². The summed E-state index contributed by atoms with van der Waals surface area (Å²) in [5.74, 6) is 0.315. The van der Waals surface area contributed by atoms with Crippen LogP contribution in [0.25, 0.3) is 0 Å². The molecule has 4 heterocycles. The monoisotopic (exact) mass is 375 g/mol. The standard InChI is InChI=1S/C16H18ClN7O2/c1-23-4-2-3-16(7-23)22-14(25)13-9(17)5-10(15(26)24(13)16)21-12-6-11(18)19-8-20-12/h5-6,8H,2-4,7H2,1H3,(H,22,25)(H3,18,19,20,21). The lowest BCUT2D eigenvalue weighted by molar-refractivity contribution is 0.0755. The number of halogens is 1. The fraction of sp³-hybridized carbons (Fsp3) is 0.375. The zero-order valence-electron chi connectivity index (χ0n) is 14.1. The summed E-state index contributed by atoms with van der Waals surface area (Å²) < 4.78 is 1.49. The van der Waals surface area contributed by atoms with E-state index in [1.165, 1.54) is 23.0 Å². The predicted molar refractivity (Wildman–Crippen MR) is 97.6 cm³/mol. The van der Waals surface area contributed by atoms with Gasteiger partial charge in [0, 0.05) is 12.6 Å². The summed E-state index contributed by atoms with van der Waals surface area (Å²) in [4.78, 5) is 35.6. The number of aromatic nitrogens is 3. The van der Waals surface area contributed by atoms with Gasteiger partial charge in [0.15, 0.2) is 0 Å². The SMILES string of the molecule is CN1CCCC2(C1)NC(=O)c1c(Cl)cc(Nc3cc(N)ncn3)c(=O)n12.